The van der Waals surface area contributed by atoms with Crippen molar-refractivity contribution >= 4 is 11.7 Å². The second-order valence-corrected chi connectivity index (χ2v) is 10.1. The topological polar surface area (TPSA) is 74.3 Å². The fourth-order valence-electron chi connectivity index (χ4n) is 5.42. The van der Waals surface area contributed by atoms with E-state index in [1.807, 2.05) is 0 Å². The van der Waals surface area contributed by atoms with E-state index in [1.54, 1.807) is 22.6 Å². The van der Waals surface area contributed by atoms with Crippen molar-refractivity contribution in [1.82, 2.24) is 14.5 Å². The number of carbonyl (C=O) groups excluding carboxylic acids is 1. The molecule has 2 N–H and O–H groups in total. The first-order chi connectivity index (χ1) is 17.5. The number of alkyl halides is 2. The Labute approximate surface area is 211 Å². The lowest BCUT2D eigenvalue weighted by Gasteiger charge is -2.47. The molecular weight excluding hydrogens is 490 g/mol. The van der Waals surface area contributed by atoms with Crippen LogP contribution in [0.3, 0.4) is 0 Å². The van der Waals surface area contributed by atoms with Gasteiger partial charge in [-0.05, 0) is 43.5 Å². The number of carbonyl (C=O) groups is 1. The van der Waals surface area contributed by atoms with Gasteiger partial charge in [-0.3, -0.25) is 14.9 Å². The molecule has 3 unspecified atom stereocenters. The van der Waals surface area contributed by atoms with Crippen LogP contribution in [0.15, 0.2) is 48.9 Å². The number of nitrogens with zero attached hydrogens (tertiary/aromatic N) is 4. The summed E-state index contributed by atoms with van der Waals surface area (Å²) >= 11 is 0. The first-order valence-electron chi connectivity index (χ1n) is 12.1. The minimum atomic E-state index is -3.00. The zero-order chi connectivity index (χ0) is 26.5. The van der Waals surface area contributed by atoms with Crippen LogP contribution in [0.2, 0.25) is 0 Å². The Balaban J connectivity index is 1.31. The summed E-state index contributed by atoms with van der Waals surface area (Å²) in [7, 11) is 0. The van der Waals surface area contributed by atoms with Gasteiger partial charge in [-0.25, -0.2) is 22.5 Å². The smallest absolute Gasteiger partial charge is 0.259 e. The number of rotatable bonds is 5. The van der Waals surface area contributed by atoms with Crippen LogP contribution in [0.5, 0.6) is 0 Å². The van der Waals surface area contributed by atoms with Gasteiger partial charge in [0.15, 0.2) is 5.82 Å². The third-order valence-corrected chi connectivity index (χ3v) is 7.72. The van der Waals surface area contributed by atoms with Crippen molar-refractivity contribution in [1.29, 1.82) is 0 Å². The molecule has 0 bridgehead atoms. The standard InChI is InChI=1S/C26H27F4N5O2/c1-16(33-10-7-26(29,30)25(2,15-33)18-5-8-34(37)9-6-18)24(36)32-22-14-35-21(3-4-23(35)31-22)17-11-19(27)13-20(28)12-17/h5-6,8-9,11-14,16,21H,3-4,7,10,15H2,1-2H3,(H-,32,36,37)/p+1. The molecule has 7 nitrogen and oxygen atoms in total. The molecule has 0 radical (unpaired) electrons. The number of amides is 1. The number of nitrogens with one attached hydrogen (secondary N) is 1. The maximum Gasteiger partial charge on any atom is 0.259 e. The lowest BCUT2D eigenvalue weighted by atomic mass is 9.72. The van der Waals surface area contributed by atoms with Gasteiger partial charge in [0.05, 0.1) is 17.5 Å². The monoisotopic (exact) mass is 518 g/mol. The minimum Gasteiger partial charge on any atom is -0.325 e. The average molecular weight is 519 g/mol. The molecule has 0 saturated carbocycles. The Hall–Kier alpha value is -3.47. The summed E-state index contributed by atoms with van der Waals surface area (Å²) in [4.78, 5) is 19.3. The molecule has 1 fully saturated rings. The highest BCUT2D eigenvalue weighted by Crippen LogP contribution is 2.45. The summed E-state index contributed by atoms with van der Waals surface area (Å²) in [5, 5.41) is 12.3. The Morgan fingerprint density at radius 2 is 1.89 bits per heavy atom. The largest absolute Gasteiger partial charge is 0.325 e. The number of pyridine rings is 1. The van der Waals surface area contributed by atoms with E-state index in [2.05, 4.69) is 10.3 Å². The van der Waals surface area contributed by atoms with Crippen LogP contribution >= 0.6 is 0 Å². The number of piperidine rings is 1. The van der Waals surface area contributed by atoms with Crippen molar-refractivity contribution in [3.63, 3.8) is 0 Å². The highest BCUT2D eigenvalue weighted by Gasteiger charge is 2.55. The number of hydrogen-bond acceptors (Lipinski definition) is 4. The van der Waals surface area contributed by atoms with E-state index >= 15 is 8.78 Å². The number of likely N-dealkylation sites (tertiary alicyclic amines) is 1. The number of fused-ring (bicyclic) bond motifs is 1. The van der Waals surface area contributed by atoms with Crippen LogP contribution in [0.4, 0.5) is 23.4 Å². The van der Waals surface area contributed by atoms with Crippen LogP contribution in [0, 0.1) is 11.6 Å². The van der Waals surface area contributed by atoms with E-state index in [0.29, 0.717) is 35.6 Å². The second-order valence-electron chi connectivity index (χ2n) is 10.1. The van der Waals surface area contributed by atoms with Crippen LogP contribution in [0.1, 0.15) is 49.7 Å². The number of anilines is 1. The fourth-order valence-corrected chi connectivity index (χ4v) is 5.42. The molecule has 4 heterocycles. The Morgan fingerprint density at radius 1 is 1.22 bits per heavy atom. The average Bonchev–Trinajstić information content (AvgIpc) is 3.40. The lowest BCUT2D eigenvalue weighted by molar-refractivity contribution is -0.904. The van der Waals surface area contributed by atoms with E-state index in [9.17, 15) is 18.8 Å². The van der Waals surface area contributed by atoms with Gasteiger partial charge >= 0.3 is 0 Å². The van der Waals surface area contributed by atoms with Gasteiger partial charge in [0, 0.05) is 55.1 Å². The quantitative estimate of drug-likeness (QED) is 0.306. The Kier molecular flexibility index (Phi) is 6.21. The third kappa shape index (κ3) is 4.56. The predicted molar refractivity (Wildman–Crippen MR) is 125 cm³/mol. The summed E-state index contributed by atoms with van der Waals surface area (Å²) in [6.07, 6.45) is 5.04. The van der Waals surface area contributed by atoms with Crippen molar-refractivity contribution in [2.75, 3.05) is 18.4 Å². The van der Waals surface area contributed by atoms with E-state index in [0.717, 1.165) is 10.8 Å². The third-order valence-electron chi connectivity index (χ3n) is 7.72. The first kappa shape index (κ1) is 25.2. The van der Waals surface area contributed by atoms with Crippen LogP contribution in [-0.4, -0.2) is 50.6 Å². The summed E-state index contributed by atoms with van der Waals surface area (Å²) in [6.45, 7) is 3.11. The second kappa shape index (κ2) is 9.13. The molecule has 196 valence electrons. The lowest BCUT2D eigenvalue weighted by Crippen LogP contribution is -2.60. The normalized spacial score (nSPS) is 24.0. The number of aromatic nitrogens is 3. The molecule has 2 aromatic heterocycles. The molecule has 0 spiro atoms. The van der Waals surface area contributed by atoms with Crippen LogP contribution in [0.25, 0.3) is 0 Å². The number of benzene rings is 1. The van der Waals surface area contributed by atoms with Gasteiger partial charge in [-0.1, -0.05) is 0 Å². The van der Waals surface area contributed by atoms with Gasteiger partial charge < -0.3 is 9.88 Å². The van der Waals surface area contributed by atoms with Crippen molar-refractivity contribution < 1.29 is 32.3 Å². The molecule has 11 heteroatoms. The van der Waals surface area contributed by atoms with Gasteiger partial charge in [0.1, 0.15) is 17.5 Å². The fraction of sp³-hybridized carbons (Fsp3) is 0.423. The van der Waals surface area contributed by atoms with Gasteiger partial charge in [0.25, 0.3) is 5.92 Å². The van der Waals surface area contributed by atoms with Crippen molar-refractivity contribution in [3.8, 4) is 0 Å². The van der Waals surface area contributed by atoms with E-state index in [-0.39, 0.29) is 25.0 Å². The molecule has 0 aliphatic carbocycles. The highest BCUT2D eigenvalue weighted by atomic mass is 19.3. The van der Waals surface area contributed by atoms with Crippen LogP contribution < -0.4 is 10.0 Å². The summed E-state index contributed by atoms with van der Waals surface area (Å²) < 4.78 is 60.3. The SMILES string of the molecule is CC(C(=O)Nc1cn2c(n1)CCC2c1cc(F)cc(F)c1)N1CCC(F)(F)C(C)(c2cc[n+](O)cc2)C1. The Bertz CT molecular complexity index is 1310. The molecule has 3 atom stereocenters. The van der Waals surface area contributed by atoms with Gasteiger partial charge in [0.2, 0.25) is 18.3 Å². The molecule has 1 aromatic carbocycles. The molecule has 1 amide bonds. The maximum absolute atomic E-state index is 15.1. The molecule has 2 aliphatic rings. The first-order valence-corrected chi connectivity index (χ1v) is 12.1. The molecule has 37 heavy (non-hydrogen) atoms. The molecule has 2 aliphatic heterocycles. The molecular formula is C26H28F4N5O2+. The van der Waals surface area contributed by atoms with Crippen molar-refractivity contribution in [2.24, 2.45) is 0 Å². The zero-order valence-corrected chi connectivity index (χ0v) is 20.5. The molecule has 5 rings (SSSR count). The van der Waals surface area contributed by atoms with Gasteiger partial charge in [-0.2, -0.15) is 0 Å². The predicted octanol–water partition coefficient (Wildman–Crippen LogP) is 3.85. The summed E-state index contributed by atoms with van der Waals surface area (Å²) in [5.41, 5.74) is -0.705. The summed E-state index contributed by atoms with van der Waals surface area (Å²) in [6, 6.07) is 5.29. The molecule has 1 saturated heterocycles. The van der Waals surface area contributed by atoms with Crippen molar-refractivity contribution in [3.05, 3.63) is 77.5 Å². The maximum atomic E-state index is 15.1. The van der Waals surface area contributed by atoms with E-state index in [1.165, 1.54) is 43.6 Å². The van der Waals surface area contributed by atoms with E-state index < -0.39 is 35.4 Å². The molecule has 3 aromatic rings. The highest BCUT2D eigenvalue weighted by molar-refractivity contribution is 5.93. The van der Waals surface area contributed by atoms with Gasteiger partial charge in [-0.15, -0.1) is 0 Å². The number of aryl methyl sites for hydroxylation is 1. The number of hydrogen-bond donors (Lipinski definition) is 2. The summed E-state index contributed by atoms with van der Waals surface area (Å²) in [5.74, 6) is -3.72. The zero-order valence-electron chi connectivity index (χ0n) is 20.5. The number of halogens is 4. The minimum absolute atomic E-state index is 0.0386. The van der Waals surface area contributed by atoms with Crippen molar-refractivity contribution in [2.45, 2.75) is 56.5 Å². The number of imidazole rings is 1. The Morgan fingerprint density at radius 3 is 2.57 bits per heavy atom. The van der Waals surface area contributed by atoms with E-state index in [4.69, 9.17) is 0 Å². The van der Waals surface area contributed by atoms with Crippen LogP contribution in [-0.2, 0) is 16.6 Å².